The van der Waals surface area contributed by atoms with Crippen molar-refractivity contribution in [1.29, 1.82) is 0 Å². The maximum absolute atomic E-state index is 12.4. The van der Waals surface area contributed by atoms with Crippen LogP contribution in [0.15, 0.2) is 12.4 Å². The number of aryl methyl sites for hydroxylation is 1. The second kappa shape index (κ2) is 4.37. The SMILES string of the molecule is Cn1ccnc1-c1c(C(=O)O)nnn1CC(F)(F)F. The average molecular weight is 275 g/mol. The van der Waals surface area contributed by atoms with Gasteiger partial charge in [-0.3, -0.25) is 0 Å². The largest absolute Gasteiger partial charge is 0.476 e. The summed E-state index contributed by atoms with van der Waals surface area (Å²) in [4.78, 5) is 14.8. The average Bonchev–Trinajstić information content (AvgIpc) is 2.82. The number of nitrogens with zero attached hydrogens (tertiary/aromatic N) is 5. The smallest absolute Gasteiger partial charge is 0.408 e. The number of halogens is 3. The van der Waals surface area contributed by atoms with Gasteiger partial charge >= 0.3 is 12.1 Å². The van der Waals surface area contributed by atoms with E-state index >= 15 is 0 Å². The molecule has 0 saturated heterocycles. The number of aromatic nitrogens is 5. The molecule has 0 spiro atoms. The Hall–Kier alpha value is -2.39. The number of aromatic carboxylic acids is 1. The van der Waals surface area contributed by atoms with E-state index in [-0.39, 0.29) is 11.5 Å². The van der Waals surface area contributed by atoms with Crippen molar-refractivity contribution < 1.29 is 23.1 Å². The highest BCUT2D eigenvalue weighted by Crippen LogP contribution is 2.24. The van der Waals surface area contributed by atoms with Gasteiger partial charge < -0.3 is 9.67 Å². The van der Waals surface area contributed by atoms with Gasteiger partial charge in [-0.25, -0.2) is 14.5 Å². The van der Waals surface area contributed by atoms with E-state index in [1.807, 2.05) is 0 Å². The highest BCUT2D eigenvalue weighted by atomic mass is 19.4. The van der Waals surface area contributed by atoms with Crippen LogP contribution in [0.4, 0.5) is 13.2 Å². The van der Waals surface area contributed by atoms with Gasteiger partial charge in [-0.05, 0) is 0 Å². The molecule has 2 aromatic heterocycles. The van der Waals surface area contributed by atoms with Crippen LogP contribution in [0, 0.1) is 0 Å². The molecule has 0 atom stereocenters. The Kier molecular flexibility index (Phi) is 3.00. The summed E-state index contributed by atoms with van der Waals surface area (Å²) in [5, 5.41) is 15.4. The van der Waals surface area contributed by atoms with E-state index in [1.54, 1.807) is 0 Å². The molecule has 0 radical (unpaired) electrons. The molecular weight excluding hydrogens is 267 g/mol. The van der Waals surface area contributed by atoms with Gasteiger partial charge in [-0.15, -0.1) is 5.10 Å². The molecule has 0 saturated carbocycles. The summed E-state index contributed by atoms with van der Waals surface area (Å²) in [6.07, 6.45) is -1.72. The van der Waals surface area contributed by atoms with Crippen LogP contribution in [0.5, 0.6) is 0 Å². The third-order valence-corrected chi connectivity index (χ3v) is 2.30. The Morgan fingerprint density at radius 2 is 2.16 bits per heavy atom. The lowest BCUT2D eigenvalue weighted by molar-refractivity contribution is -0.142. The quantitative estimate of drug-likeness (QED) is 0.900. The van der Waals surface area contributed by atoms with Gasteiger partial charge in [0.2, 0.25) is 5.69 Å². The van der Waals surface area contributed by atoms with E-state index < -0.39 is 24.4 Å². The molecule has 19 heavy (non-hydrogen) atoms. The number of carbonyl (C=O) groups is 1. The fraction of sp³-hybridized carbons (Fsp3) is 0.333. The molecule has 0 aliphatic carbocycles. The zero-order chi connectivity index (χ0) is 14.2. The minimum absolute atomic E-state index is 0.0478. The molecule has 7 nitrogen and oxygen atoms in total. The molecule has 0 unspecified atom stereocenters. The molecule has 0 aliphatic heterocycles. The lowest BCUT2D eigenvalue weighted by atomic mass is 10.3. The van der Waals surface area contributed by atoms with Gasteiger partial charge in [0.15, 0.2) is 5.82 Å². The molecule has 0 aromatic carbocycles. The fourth-order valence-electron chi connectivity index (χ4n) is 1.55. The molecule has 2 aromatic rings. The van der Waals surface area contributed by atoms with Crippen molar-refractivity contribution in [2.24, 2.45) is 7.05 Å². The molecule has 2 heterocycles. The molecule has 0 bridgehead atoms. The van der Waals surface area contributed by atoms with Gasteiger partial charge in [0.1, 0.15) is 12.2 Å². The van der Waals surface area contributed by atoms with Crippen LogP contribution in [0.1, 0.15) is 10.5 Å². The molecule has 102 valence electrons. The second-order valence-electron chi connectivity index (χ2n) is 3.73. The Bertz CT molecular complexity index is 616. The van der Waals surface area contributed by atoms with E-state index in [1.165, 1.54) is 24.0 Å². The lowest BCUT2D eigenvalue weighted by Gasteiger charge is -2.09. The first-order valence-corrected chi connectivity index (χ1v) is 5.01. The molecule has 0 amide bonds. The predicted molar refractivity (Wildman–Crippen MR) is 55.2 cm³/mol. The first-order valence-electron chi connectivity index (χ1n) is 5.01. The lowest BCUT2D eigenvalue weighted by Crippen LogP contribution is -2.20. The monoisotopic (exact) mass is 275 g/mol. The number of carboxylic acids is 1. The summed E-state index contributed by atoms with van der Waals surface area (Å²) >= 11 is 0. The highest BCUT2D eigenvalue weighted by Gasteiger charge is 2.33. The number of hydrogen-bond donors (Lipinski definition) is 1. The number of hydrogen-bond acceptors (Lipinski definition) is 4. The van der Waals surface area contributed by atoms with Crippen LogP contribution in [0.3, 0.4) is 0 Å². The topological polar surface area (TPSA) is 85.8 Å². The Balaban J connectivity index is 2.58. The predicted octanol–water partition coefficient (Wildman–Crippen LogP) is 0.939. The third-order valence-electron chi connectivity index (χ3n) is 2.30. The van der Waals surface area contributed by atoms with Crippen molar-refractivity contribution in [1.82, 2.24) is 24.5 Å². The molecule has 2 rings (SSSR count). The summed E-state index contributed by atoms with van der Waals surface area (Å²) in [5.74, 6) is -1.42. The number of carboxylic acid groups (broad SMARTS) is 1. The summed E-state index contributed by atoms with van der Waals surface area (Å²) in [6.45, 7) is -1.44. The maximum atomic E-state index is 12.4. The normalized spacial score (nSPS) is 11.8. The standard InChI is InChI=1S/C9H8F3N5O2/c1-16-3-2-13-7(16)6-5(8(18)19)14-15-17(6)4-9(10,11)12/h2-3H,4H2,1H3,(H,18,19). The van der Waals surface area contributed by atoms with Gasteiger partial charge in [0.05, 0.1) is 0 Å². The molecule has 10 heteroatoms. The minimum Gasteiger partial charge on any atom is -0.476 e. The Morgan fingerprint density at radius 1 is 1.47 bits per heavy atom. The zero-order valence-electron chi connectivity index (χ0n) is 9.59. The molecule has 1 N–H and O–H groups in total. The van der Waals surface area contributed by atoms with Crippen molar-refractivity contribution in [2.75, 3.05) is 0 Å². The highest BCUT2D eigenvalue weighted by molar-refractivity contribution is 5.91. The van der Waals surface area contributed by atoms with E-state index in [2.05, 4.69) is 15.3 Å². The van der Waals surface area contributed by atoms with Crippen LogP contribution >= 0.6 is 0 Å². The number of alkyl halides is 3. The van der Waals surface area contributed by atoms with Crippen molar-refractivity contribution in [3.8, 4) is 11.5 Å². The fourth-order valence-corrected chi connectivity index (χ4v) is 1.55. The summed E-state index contributed by atoms with van der Waals surface area (Å²) < 4.78 is 39.1. The first-order chi connectivity index (χ1) is 8.79. The van der Waals surface area contributed by atoms with Crippen molar-refractivity contribution >= 4 is 5.97 Å². The zero-order valence-corrected chi connectivity index (χ0v) is 9.59. The molecule has 0 fully saturated rings. The maximum Gasteiger partial charge on any atom is 0.408 e. The van der Waals surface area contributed by atoms with Gasteiger partial charge in [-0.2, -0.15) is 13.2 Å². The van der Waals surface area contributed by atoms with Crippen LogP contribution in [0.2, 0.25) is 0 Å². The van der Waals surface area contributed by atoms with E-state index in [0.29, 0.717) is 4.68 Å². The Morgan fingerprint density at radius 3 is 2.63 bits per heavy atom. The van der Waals surface area contributed by atoms with Crippen LogP contribution in [-0.4, -0.2) is 41.8 Å². The van der Waals surface area contributed by atoms with Gasteiger partial charge in [-0.1, -0.05) is 5.21 Å². The molecular formula is C9H8F3N5O2. The first kappa shape index (κ1) is 13.1. The Labute approximate surface area is 104 Å². The van der Waals surface area contributed by atoms with Crippen molar-refractivity contribution in [3.05, 3.63) is 18.1 Å². The summed E-state index contributed by atoms with van der Waals surface area (Å²) in [5.41, 5.74) is -0.851. The van der Waals surface area contributed by atoms with Crippen LogP contribution in [0.25, 0.3) is 11.5 Å². The molecule has 0 aliphatic rings. The van der Waals surface area contributed by atoms with Crippen molar-refractivity contribution in [3.63, 3.8) is 0 Å². The minimum atomic E-state index is -4.54. The van der Waals surface area contributed by atoms with Gasteiger partial charge in [0.25, 0.3) is 0 Å². The third kappa shape index (κ3) is 2.56. The summed E-state index contributed by atoms with van der Waals surface area (Å²) in [6, 6.07) is 0. The van der Waals surface area contributed by atoms with E-state index in [0.717, 1.165) is 0 Å². The van der Waals surface area contributed by atoms with Crippen LogP contribution in [-0.2, 0) is 13.6 Å². The van der Waals surface area contributed by atoms with Crippen molar-refractivity contribution in [2.45, 2.75) is 12.7 Å². The van der Waals surface area contributed by atoms with Gasteiger partial charge in [0, 0.05) is 19.4 Å². The summed E-state index contributed by atoms with van der Waals surface area (Å²) in [7, 11) is 1.53. The van der Waals surface area contributed by atoms with Crippen LogP contribution < -0.4 is 0 Å². The number of imidazole rings is 1. The number of rotatable bonds is 3. The van der Waals surface area contributed by atoms with E-state index in [4.69, 9.17) is 5.11 Å². The second-order valence-corrected chi connectivity index (χ2v) is 3.73. The van der Waals surface area contributed by atoms with E-state index in [9.17, 15) is 18.0 Å².